The minimum absolute atomic E-state index is 0.350. The van der Waals surface area contributed by atoms with Crippen molar-refractivity contribution < 1.29 is 8.42 Å². The topological polar surface area (TPSA) is 46.2 Å². The lowest BCUT2D eigenvalue weighted by Gasteiger charge is -2.35. The Morgan fingerprint density at radius 1 is 1.06 bits per heavy atom. The quantitative estimate of drug-likeness (QED) is 0.841. The summed E-state index contributed by atoms with van der Waals surface area (Å²) in [7, 11) is -0.746. The lowest BCUT2D eigenvalue weighted by molar-refractivity contribution is 0.198. The fourth-order valence-electron chi connectivity index (χ4n) is 3.61. The Morgan fingerprint density at radius 2 is 1.71 bits per heavy atom. The van der Waals surface area contributed by atoms with Gasteiger partial charge in [-0.05, 0) is 44.1 Å². The van der Waals surface area contributed by atoms with Gasteiger partial charge >= 0.3 is 0 Å². The summed E-state index contributed by atoms with van der Waals surface area (Å²) in [4.78, 5) is 0. The van der Waals surface area contributed by atoms with Gasteiger partial charge < -0.3 is 5.32 Å². The molecule has 2 aliphatic rings. The Balaban J connectivity index is 1.97. The highest BCUT2D eigenvalue weighted by molar-refractivity contribution is 7.91. The van der Waals surface area contributed by atoms with E-state index in [0.29, 0.717) is 29.4 Å². The van der Waals surface area contributed by atoms with Gasteiger partial charge in [-0.25, -0.2) is 8.42 Å². The summed E-state index contributed by atoms with van der Waals surface area (Å²) < 4.78 is 23.1. The van der Waals surface area contributed by atoms with Crippen molar-refractivity contribution in [3.05, 3.63) is 0 Å². The molecule has 0 radical (unpaired) electrons. The van der Waals surface area contributed by atoms with Gasteiger partial charge in [-0.15, -0.1) is 0 Å². The Morgan fingerprint density at radius 3 is 2.18 bits per heavy atom. The minimum atomic E-state index is -2.74. The maximum absolute atomic E-state index is 11.6. The second kappa shape index (κ2) is 5.27. The fraction of sp³-hybridized carbons (Fsp3) is 1.00. The third-order valence-corrected chi connectivity index (χ3v) is 6.47. The maximum Gasteiger partial charge on any atom is 0.150 e. The van der Waals surface area contributed by atoms with Crippen LogP contribution in [-0.4, -0.2) is 33.0 Å². The molecule has 4 heteroatoms. The Hall–Kier alpha value is -0.0900. The predicted octanol–water partition coefficient (Wildman–Crippen LogP) is 1.84. The van der Waals surface area contributed by atoms with E-state index in [0.717, 1.165) is 12.3 Å². The van der Waals surface area contributed by atoms with Crippen LogP contribution in [0.5, 0.6) is 0 Å². The van der Waals surface area contributed by atoms with Crippen molar-refractivity contribution in [2.45, 2.75) is 45.1 Å². The van der Waals surface area contributed by atoms with E-state index >= 15 is 0 Å². The van der Waals surface area contributed by atoms with E-state index in [4.69, 9.17) is 0 Å². The zero-order valence-corrected chi connectivity index (χ0v) is 11.8. The largest absolute Gasteiger partial charge is 0.316 e. The lowest BCUT2D eigenvalue weighted by atomic mass is 9.75. The fourth-order valence-corrected chi connectivity index (χ4v) is 5.46. The molecule has 0 aromatic heterocycles. The highest BCUT2D eigenvalue weighted by Crippen LogP contribution is 2.35. The molecule has 1 heterocycles. The Labute approximate surface area is 105 Å². The zero-order valence-electron chi connectivity index (χ0n) is 11.0. The molecule has 1 aliphatic carbocycles. The predicted molar refractivity (Wildman–Crippen MR) is 70.7 cm³/mol. The normalized spacial score (nSPS) is 39.1. The highest BCUT2D eigenvalue weighted by Gasteiger charge is 2.37. The average Bonchev–Trinajstić information content (AvgIpc) is 2.63. The van der Waals surface area contributed by atoms with Crippen LogP contribution in [0.1, 0.15) is 39.0 Å². The van der Waals surface area contributed by atoms with Crippen LogP contribution in [0.2, 0.25) is 0 Å². The van der Waals surface area contributed by atoms with Gasteiger partial charge in [0.15, 0.2) is 9.84 Å². The molecule has 0 amide bonds. The Kier molecular flexibility index (Phi) is 4.14. The number of nitrogens with one attached hydrogen (secondary N) is 1. The zero-order chi connectivity index (χ0) is 12.5. The van der Waals surface area contributed by atoms with Gasteiger partial charge in [-0.3, -0.25) is 0 Å². The van der Waals surface area contributed by atoms with Gasteiger partial charge in [0.05, 0.1) is 11.5 Å². The molecule has 1 N–H and O–H groups in total. The third kappa shape index (κ3) is 3.22. The van der Waals surface area contributed by atoms with Crippen molar-refractivity contribution in [2.75, 3.05) is 18.6 Å². The molecule has 0 aromatic carbocycles. The van der Waals surface area contributed by atoms with Gasteiger partial charge in [0.2, 0.25) is 0 Å². The molecule has 0 bridgehead atoms. The molecule has 0 spiro atoms. The van der Waals surface area contributed by atoms with Crippen molar-refractivity contribution in [1.29, 1.82) is 0 Å². The average molecular weight is 259 g/mol. The van der Waals surface area contributed by atoms with Crippen LogP contribution in [-0.2, 0) is 9.84 Å². The van der Waals surface area contributed by atoms with Crippen molar-refractivity contribution in [1.82, 2.24) is 5.32 Å². The van der Waals surface area contributed by atoms with E-state index in [2.05, 4.69) is 12.2 Å². The van der Waals surface area contributed by atoms with Gasteiger partial charge in [0.1, 0.15) is 0 Å². The van der Waals surface area contributed by atoms with Gasteiger partial charge in [0, 0.05) is 6.04 Å². The van der Waals surface area contributed by atoms with Gasteiger partial charge in [0.25, 0.3) is 0 Å². The summed E-state index contributed by atoms with van der Waals surface area (Å²) in [6.45, 7) is 2.32. The van der Waals surface area contributed by atoms with E-state index in [1.165, 1.54) is 25.7 Å². The van der Waals surface area contributed by atoms with Gasteiger partial charge in [-0.2, -0.15) is 0 Å². The number of hydrogen-bond donors (Lipinski definition) is 1. The summed E-state index contributed by atoms with van der Waals surface area (Å²) in [5, 5.41) is 3.40. The van der Waals surface area contributed by atoms with E-state index in [1.54, 1.807) is 0 Å². The van der Waals surface area contributed by atoms with Crippen molar-refractivity contribution in [3.8, 4) is 0 Å². The molecule has 1 aliphatic heterocycles. The van der Waals surface area contributed by atoms with E-state index in [-0.39, 0.29) is 0 Å². The molecule has 17 heavy (non-hydrogen) atoms. The van der Waals surface area contributed by atoms with Crippen molar-refractivity contribution in [3.63, 3.8) is 0 Å². The smallest absolute Gasteiger partial charge is 0.150 e. The maximum atomic E-state index is 11.6. The standard InChI is InChI=1S/C13H25NO2S/c1-10-3-5-11(6-4-10)13(14-2)12-7-8-17(15,16)9-12/h10-14H,3-9H2,1-2H3. The molecule has 1 saturated carbocycles. The van der Waals surface area contributed by atoms with E-state index in [1.807, 2.05) is 7.05 Å². The highest BCUT2D eigenvalue weighted by atomic mass is 32.2. The second-order valence-electron chi connectivity index (χ2n) is 6.00. The van der Waals surface area contributed by atoms with Crippen LogP contribution in [0.3, 0.4) is 0 Å². The molecular formula is C13H25NO2S. The summed E-state index contributed by atoms with van der Waals surface area (Å²) in [5.41, 5.74) is 0. The Bertz CT molecular complexity index is 344. The minimum Gasteiger partial charge on any atom is -0.316 e. The molecule has 2 unspecified atom stereocenters. The summed E-state index contributed by atoms with van der Waals surface area (Å²) in [6.07, 6.45) is 6.01. The SMILES string of the molecule is CNC(C1CCC(C)CC1)C1CCS(=O)(=O)C1. The molecule has 2 fully saturated rings. The summed E-state index contributed by atoms with van der Waals surface area (Å²) in [5.74, 6) is 2.71. The molecule has 1 saturated heterocycles. The van der Waals surface area contributed by atoms with Crippen molar-refractivity contribution >= 4 is 9.84 Å². The number of hydrogen-bond acceptors (Lipinski definition) is 3. The molecule has 2 rings (SSSR count). The van der Waals surface area contributed by atoms with Gasteiger partial charge in [-0.1, -0.05) is 19.8 Å². The molecule has 0 aromatic rings. The third-order valence-electron chi connectivity index (χ3n) is 4.68. The lowest BCUT2D eigenvalue weighted by Crippen LogP contribution is -2.42. The number of rotatable bonds is 3. The first-order valence-corrected chi connectivity index (χ1v) is 8.71. The first-order valence-electron chi connectivity index (χ1n) is 6.89. The van der Waals surface area contributed by atoms with Crippen LogP contribution < -0.4 is 5.32 Å². The second-order valence-corrected chi connectivity index (χ2v) is 8.23. The molecular weight excluding hydrogens is 234 g/mol. The summed E-state index contributed by atoms with van der Waals surface area (Å²) >= 11 is 0. The van der Waals surface area contributed by atoms with Crippen LogP contribution in [0.15, 0.2) is 0 Å². The first-order chi connectivity index (χ1) is 8.02. The monoisotopic (exact) mass is 259 g/mol. The molecule has 2 atom stereocenters. The molecule has 3 nitrogen and oxygen atoms in total. The summed E-state index contributed by atoms with van der Waals surface area (Å²) in [6, 6.07) is 0.416. The van der Waals surface area contributed by atoms with Crippen molar-refractivity contribution in [2.24, 2.45) is 17.8 Å². The van der Waals surface area contributed by atoms with Crippen LogP contribution in [0.4, 0.5) is 0 Å². The molecule has 100 valence electrons. The van der Waals surface area contributed by atoms with E-state index in [9.17, 15) is 8.42 Å². The van der Waals surface area contributed by atoms with Crippen LogP contribution in [0, 0.1) is 17.8 Å². The van der Waals surface area contributed by atoms with Crippen LogP contribution in [0.25, 0.3) is 0 Å². The number of sulfone groups is 1. The van der Waals surface area contributed by atoms with Crippen LogP contribution >= 0.6 is 0 Å². The first kappa shape index (κ1) is 13.3. The van der Waals surface area contributed by atoms with E-state index < -0.39 is 9.84 Å².